The number of benzene rings is 1. The van der Waals surface area contributed by atoms with Crippen molar-refractivity contribution >= 4 is 5.91 Å². The fraction of sp³-hybridized carbons (Fsp3) is 0.200. The van der Waals surface area contributed by atoms with Gasteiger partial charge >= 0.3 is 0 Å². The second-order valence-electron chi connectivity index (χ2n) is 4.65. The number of nitrogens with zero attached hydrogens (tertiary/aromatic N) is 1. The van der Waals surface area contributed by atoms with Crippen LogP contribution in [0.25, 0.3) is 0 Å². The zero-order chi connectivity index (χ0) is 14.5. The van der Waals surface area contributed by atoms with Crippen molar-refractivity contribution in [3.63, 3.8) is 0 Å². The first-order valence-corrected chi connectivity index (χ1v) is 6.28. The van der Waals surface area contributed by atoms with Gasteiger partial charge in [0.1, 0.15) is 5.75 Å². The van der Waals surface area contributed by atoms with Crippen molar-refractivity contribution in [1.29, 1.82) is 0 Å². The summed E-state index contributed by atoms with van der Waals surface area (Å²) in [6.45, 7) is 4.25. The molecule has 0 radical (unpaired) electrons. The van der Waals surface area contributed by atoms with Gasteiger partial charge in [0, 0.05) is 12.3 Å². The number of pyridine rings is 1. The molecule has 0 spiro atoms. The van der Waals surface area contributed by atoms with Gasteiger partial charge in [-0.25, -0.2) is 10.5 Å². The van der Waals surface area contributed by atoms with Crippen LogP contribution in [0.15, 0.2) is 42.6 Å². The van der Waals surface area contributed by atoms with Crippen molar-refractivity contribution in [3.05, 3.63) is 53.7 Å². The molecule has 0 atom stereocenters. The minimum atomic E-state index is -0.606. The van der Waals surface area contributed by atoms with Crippen LogP contribution in [0.2, 0.25) is 0 Å². The summed E-state index contributed by atoms with van der Waals surface area (Å²) in [5.41, 5.74) is 3.04. The highest BCUT2D eigenvalue weighted by Crippen LogP contribution is 2.22. The van der Waals surface area contributed by atoms with Gasteiger partial charge in [-0.1, -0.05) is 26.0 Å². The SMILES string of the molecule is CC(C)c1ccc(Oc2ccc(C(=O)NO)cn2)cc1. The molecule has 1 aromatic carbocycles. The van der Waals surface area contributed by atoms with Crippen LogP contribution in [0.3, 0.4) is 0 Å². The number of carbonyl (C=O) groups is 1. The molecule has 0 fully saturated rings. The molecule has 1 aromatic heterocycles. The average molecular weight is 272 g/mol. The number of ether oxygens (including phenoxy) is 1. The van der Waals surface area contributed by atoms with Crippen LogP contribution in [-0.4, -0.2) is 16.1 Å². The number of carbonyl (C=O) groups excluding carboxylic acids is 1. The molecule has 0 aliphatic carbocycles. The first-order chi connectivity index (χ1) is 9.60. The summed E-state index contributed by atoms with van der Waals surface area (Å²) in [5.74, 6) is 0.932. The normalized spacial score (nSPS) is 10.4. The number of hydrogen-bond acceptors (Lipinski definition) is 4. The molecular formula is C15H16N2O3. The summed E-state index contributed by atoms with van der Waals surface area (Å²) in [7, 11) is 0. The van der Waals surface area contributed by atoms with Gasteiger partial charge in [0.2, 0.25) is 5.88 Å². The van der Waals surface area contributed by atoms with Crippen molar-refractivity contribution in [2.24, 2.45) is 0 Å². The zero-order valence-electron chi connectivity index (χ0n) is 11.3. The van der Waals surface area contributed by atoms with Crippen molar-refractivity contribution in [3.8, 4) is 11.6 Å². The Morgan fingerprint density at radius 2 is 1.90 bits per heavy atom. The highest BCUT2D eigenvalue weighted by atomic mass is 16.5. The summed E-state index contributed by atoms with van der Waals surface area (Å²) in [4.78, 5) is 15.1. The van der Waals surface area contributed by atoms with Crippen molar-refractivity contribution < 1.29 is 14.7 Å². The molecule has 0 saturated carbocycles. The van der Waals surface area contributed by atoms with E-state index in [1.54, 1.807) is 11.5 Å². The lowest BCUT2D eigenvalue weighted by Crippen LogP contribution is -2.18. The van der Waals surface area contributed by atoms with Gasteiger partial charge in [-0.15, -0.1) is 0 Å². The van der Waals surface area contributed by atoms with E-state index < -0.39 is 5.91 Å². The van der Waals surface area contributed by atoms with E-state index in [1.807, 2.05) is 24.3 Å². The maximum absolute atomic E-state index is 11.1. The molecular weight excluding hydrogens is 256 g/mol. The maximum atomic E-state index is 11.1. The van der Waals surface area contributed by atoms with Crippen molar-refractivity contribution in [2.75, 3.05) is 0 Å². The van der Waals surface area contributed by atoms with E-state index in [4.69, 9.17) is 9.94 Å². The summed E-state index contributed by atoms with van der Waals surface area (Å²) in [6, 6.07) is 10.9. The Kier molecular flexibility index (Phi) is 4.32. The van der Waals surface area contributed by atoms with Crippen LogP contribution in [0.4, 0.5) is 0 Å². The number of amides is 1. The Bertz CT molecular complexity index is 577. The molecule has 104 valence electrons. The zero-order valence-corrected chi connectivity index (χ0v) is 11.3. The Labute approximate surface area is 117 Å². The number of hydroxylamine groups is 1. The minimum absolute atomic E-state index is 0.259. The van der Waals surface area contributed by atoms with Crippen LogP contribution >= 0.6 is 0 Å². The second kappa shape index (κ2) is 6.16. The Morgan fingerprint density at radius 3 is 2.40 bits per heavy atom. The predicted octanol–water partition coefficient (Wildman–Crippen LogP) is 3.12. The topological polar surface area (TPSA) is 71.5 Å². The van der Waals surface area contributed by atoms with Crippen LogP contribution in [0.5, 0.6) is 11.6 Å². The maximum Gasteiger partial charge on any atom is 0.276 e. The second-order valence-corrected chi connectivity index (χ2v) is 4.65. The standard InChI is InChI=1S/C15H16N2O3/c1-10(2)11-3-6-13(7-4-11)20-14-8-5-12(9-16-14)15(18)17-19/h3-10,19H,1-2H3,(H,17,18). The highest BCUT2D eigenvalue weighted by Gasteiger charge is 2.06. The van der Waals surface area contributed by atoms with E-state index in [9.17, 15) is 4.79 Å². The summed E-state index contributed by atoms with van der Waals surface area (Å²) in [5, 5.41) is 8.50. The van der Waals surface area contributed by atoms with E-state index >= 15 is 0 Å². The van der Waals surface area contributed by atoms with E-state index in [0.29, 0.717) is 17.5 Å². The summed E-state index contributed by atoms with van der Waals surface area (Å²) >= 11 is 0. The van der Waals surface area contributed by atoms with Gasteiger partial charge in [0.25, 0.3) is 5.91 Å². The Morgan fingerprint density at radius 1 is 1.20 bits per heavy atom. The quantitative estimate of drug-likeness (QED) is 0.662. The van der Waals surface area contributed by atoms with Crippen LogP contribution in [0, 0.1) is 0 Å². The van der Waals surface area contributed by atoms with Gasteiger partial charge in [0.05, 0.1) is 5.56 Å². The smallest absolute Gasteiger partial charge is 0.276 e. The molecule has 0 bridgehead atoms. The summed E-state index contributed by atoms with van der Waals surface area (Å²) < 4.78 is 5.58. The molecule has 2 rings (SSSR count). The fourth-order valence-corrected chi connectivity index (χ4v) is 1.68. The number of hydrogen-bond donors (Lipinski definition) is 2. The number of aromatic nitrogens is 1. The van der Waals surface area contributed by atoms with Crippen molar-refractivity contribution in [2.45, 2.75) is 19.8 Å². The minimum Gasteiger partial charge on any atom is -0.439 e. The fourth-order valence-electron chi connectivity index (χ4n) is 1.68. The highest BCUT2D eigenvalue weighted by molar-refractivity contribution is 5.92. The van der Waals surface area contributed by atoms with Gasteiger partial charge < -0.3 is 4.74 Å². The molecule has 0 aliphatic heterocycles. The van der Waals surface area contributed by atoms with Crippen LogP contribution in [0.1, 0.15) is 35.7 Å². The molecule has 0 unspecified atom stereocenters. The molecule has 0 saturated heterocycles. The number of rotatable bonds is 4. The van der Waals surface area contributed by atoms with Crippen molar-refractivity contribution in [1.82, 2.24) is 10.5 Å². The first kappa shape index (κ1) is 14.0. The predicted molar refractivity (Wildman–Crippen MR) is 74.1 cm³/mol. The third kappa shape index (κ3) is 3.33. The third-order valence-corrected chi connectivity index (χ3v) is 2.87. The first-order valence-electron chi connectivity index (χ1n) is 6.28. The average Bonchev–Trinajstić information content (AvgIpc) is 2.48. The lowest BCUT2D eigenvalue weighted by molar-refractivity contribution is 0.0706. The molecule has 1 amide bonds. The molecule has 1 heterocycles. The van der Waals surface area contributed by atoms with Crippen LogP contribution < -0.4 is 10.2 Å². The van der Waals surface area contributed by atoms with Crippen LogP contribution in [-0.2, 0) is 0 Å². The number of nitrogens with one attached hydrogen (secondary N) is 1. The van der Waals surface area contributed by atoms with Gasteiger partial charge in [-0.05, 0) is 29.7 Å². The Balaban J connectivity index is 2.08. The van der Waals surface area contributed by atoms with E-state index in [0.717, 1.165) is 0 Å². The molecule has 2 N–H and O–H groups in total. The lowest BCUT2D eigenvalue weighted by atomic mass is 10.0. The van der Waals surface area contributed by atoms with E-state index in [1.165, 1.54) is 17.8 Å². The van der Waals surface area contributed by atoms with Gasteiger partial charge in [0.15, 0.2) is 0 Å². The summed E-state index contributed by atoms with van der Waals surface area (Å²) in [6.07, 6.45) is 1.34. The molecule has 20 heavy (non-hydrogen) atoms. The molecule has 2 aromatic rings. The van der Waals surface area contributed by atoms with Gasteiger partial charge in [-0.3, -0.25) is 10.0 Å². The third-order valence-electron chi connectivity index (χ3n) is 2.87. The van der Waals surface area contributed by atoms with Gasteiger partial charge in [-0.2, -0.15) is 0 Å². The molecule has 5 nitrogen and oxygen atoms in total. The molecule has 0 aliphatic rings. The molecule has 5 heteroatoms. The monoisotopic (exact) mass is 272 g/mol. The lowest BCUT2D eigenvalue weighted by Gasteiger charge is -2.08. The Hall–Kier alpha value is -2.40. The largest absolute Gasteiger partial charge is 0.439 e. The van der Waals surface area contributed by atoms with E-state index in [2.05, 4.69) is 18.8 Å². The van der Waals surface area contributed by atoms with E-state index in [-0.39, 0.29) is 5.56 Å².